The second kappa shape index (κ2) is 10.6. The molecule has 0 fully saturated rings. The van der Waals surface area contributed by atoms with Gasteiger partial charge in [-0.2, -0.15) is 0 Å². The molecule has 0 aliphatic rings. The van der Waals surface area contributed by atoms with Crippen LogP contribution in [0.25, 0.3) is 11.0 Å². The van der Waals surface area contributed by atoms with Crippen molar-refractivity contribution in [2.45, 2.75) is 33.2 Å². The number of benzene rings is 2. The van der Waals surface area contributed by atoms with Gasteiger partial charge in [-0.25, -0.2) is 4.79 Å². The first-order valence-electron chi connectivity index (χ1n) is 10.0. The third kappa shape index (κ3) is 6.05. The van der Waals surface area contributed by atoms with Crippen molar-refractivity contribution in [2.75, 3.05) is 6.61 Å². The van der Waals surface area contributed by atoms with Crippen molar-refractivity contribution in [3.63, 3.8) is 0 Å². The van der Waals surface area contributed by atoms with Crippen LogP contribution in [0.3, 0.4) is 0 Å². The summed E-state index contributed by atoms with van der Waals surface area (Å²) in [5, 5.41) is 4.18. The number of carbonyl (C=O) groups is 1. The molecule has 0 radical (unpaired) electrons. The molecule has 3 N–H and O–H groups in total. The van der Waals surface area contributed by atoms with Crippen LogP contribution in [0.5, 0.6) is 5.75 Å². The van der Waals surface area contributed by atoms with Gasteiger partial charge in [0.2, 0.25) is 0 Å². The fraction of sp³-hybridized carbons (Fsp3) is 0.261. The maximum Gasteiger partial charge on any atom is 0.336 e. The molecule has 0 saturated carbocycles. The third-order valence-electron chi connectivity index (χ3n) is 4.69. The molecule has 0 aliphatic heterocycles. The van der Waals surface area contributed by atoms with E-state index in [1.807, 2.05) is 36.4 Å². The average Bonchev–Trinajstić information content (AvgIpc) is 2.77. The highest BCUT2D eigenvalue weighted by Crippen LogP contribution is 2.28. The molecule has 0 unspecified atom stereocenters. The zero-order valence-electron chi connectivity index (χ0n) is 17.5. The molecule has 3 rings (SSSR count). The monoisotopic (exact) mass is 439 g/mol. The minimum atomic E-state index is -0.399. The van der Waals surface area contributed by atoms with E-state index in [1.54, 1.807) is 13.0 Å². The normalized spacial score (nSPS) is 10.5. The van der Waals surface area contributed by atoms with Gasteiger partial charge in [-0.1, -0.05) is 43.7 Å². The molecule has 0 spiro atoms. The van der Waals surface area contributed by atoms with E-state index in [1.165, 1.54) is 6.07 Å². The summed E-state index contributed by atoms with van der Waals surface area (Å²) in [5.74, 6) is 0.0776. The number of hydrazine groups is 1. The highest BCUT2D eigenvalue weighted by atomic mass is 32.1. The van der Waals surface area contributed by atoms with Gasteiger partial charge < -0.3 is 14.5 Å². The summed E-state index contributed by atoms with van der Waals surface area (Å²) >= 11 is 5.15. The SMILES string of the molecule is CCCc1cc(=O)oc2c(C)c(OCC(=O)NNC(=S)NCc3ccccc3)ccc12. The summed E-state index contributed by atoms with van der Waals surface area (Å²) in [5.41, 5.74) is 7.91. The number of rotatable bonds is 7. The van der Waals surface area contributed by atoms with E-state index >= 15 is 0 Å². The van der Waals surface area contributed by atoms with Crippen LogP contribution in [0.15, 0.2) is 57.7 Å². The van der Waals surface area contributed by atoms with Crippen molar-refractivity contribution in [3.05, 3.63) is 75.6 Å². The average molecular weight is 440 g/mol. The van der Waals surface area contributed by atoms with Crippen LogP contribution >= 0.6 is 12.2 Å². The standard InChI is InChI=1S/C23H25N3O4S/c1-3-7-17-12-21(28)30-22-15(2)19(11-10-18(17)22)29-14-20(27)25-26-23(31)24-13-16-8-5-4-6-9-16/h4-6,8-12H,3,7,13-14H2,1-2H3,(H,25,27)(H2,24,26,31). The number of carbonyl (C=O) groups excluding carboxylic acids is 1. The van der Waals surface area contributed by atoms with Gasteiger partial charge in [-0.15, -0.1) is 0 Å². The van der Waals surface area contributed by atoms with Gasteiger partial charge in [0.1, 0.15) is 11.3 Å². The largest absolute Gasteiger partial charge is 0.483 e. The van der Waals surface area contributed by atoms with Crippen LogP contribution < -0.4 is 26.5 Å². The van der Waals surface area contributed by atoms with E-state index in [0.29, 0.717) is 28.6 Å². The molecule has 3 aromatic rings. The number of fused-ring (bicyclic) bond motifs is 1. The molecule has 0 bridgehead atoms. The van der Waals surface area contributed by atoms with E-state index in [9.17, 15) is 9.59 Å². The number of amides is 1. The summed E-state index contributed by atoms with van der Waals surface area (Å²) < 4.78 is 11.0. The molecular formula is C23H25N3O4S. The predicted molar refractivity (Wildman–Crippen MR) is 124 cm³/mol. The molecule has 162 valence electrons. The second-order valence-electron chi connectivity index (χ2n) is 7.04. The van der Waals surface area contributed by atoms with E-state index in [0.717, 1.165) is 29.4 Å². The first kappa shape index (κ1) is 22.3. The van der Waals surface area contributed by atoms with Crippen molar-refractivity contribution >= 4 is 34.2 Å². The molecule has 0 atom stereocenters. The van der Waals surface area contributed by atoms with Crippen molar-refractivity contribution in [1.29, 1.82) is 0 Å². The Labute approximate surface area is 185 Å². The van der Waals surface area contributed by atoms with E-state index in [-0.39, 0.29) is 6.61 Å². The van der Waals surface area contributed by atoms with Crippen molar-refractivity contribution < 1.29 is 13.9 Å². The minimum Gasteiger partial charge on any atom is -0.483 e. The summed E-state index contributed by atoms with van der Waals surface area (Å²) in [4.78, 5) is 24.0. The van der Waals surface area contributed by atoms with Crippen LogP contribution in [0, 0.1) is 6.92 Å². The number of aryl methyl sites for hydroxylation is 2. The molecule has 1 amide bonds. The Morgan fingerprint density at radius 3 is 2.65 bits per heavy atom. The highest BCUT2D eigenvalue weighted by Gasteiger charge is 2.13. The van der Waals surface area contributed by atoms with Crippen LogP contribution in [0.1, 0.15) is 30.0 Å². The van der Waals surface area contributed by atoms with Gasteiger partial charge in [0, 0.05) is 23.6 Å². The number of ether oxygens (including phenoxy) is 1. The molecule has 8 heteroatoms. The van der Waals surface area contributed by atoms with Crippen molar-refractivity contribution in [2.24, 2.45) is 0 Å². The Hall–Kier alpha value is -3.39. The summed E-state index contributed by atoms with van der Waals surface area (Å²) in [6.07, 6.45) is 1.71. The lowest BCUT2D eigenvalue weighted by Crippen LogP contribution is -2.48. The topological polar surface area (TPSA) is 92.6 Å². The molecule has 1 heterocycles. The number of nitrogens with one attached hydrogen (secondary N) is 3. The Bertz CT molecular complexity index is 1130. The Balaban J connectivity index is 1.54. The number of hydrogen-bond donors (Lipinski definition) is 3. The van der Waals surface area contributed by atoms with E-state index in [4.69, 9.17) is 21.4 Å². The van der Waals surface area contributed by atoms with E-state index < -0.39 is 11.5 Å². The zero-order valence-corrected chi connectivity index (χ0v) is 18.3. The van der Waals surface area contributed by atoms with Gasteiger partial charge in [-0.05, 0) is 48.8 Å². The summed E-state index contributed by atoms with van der Waals surface area (Å²) in [6.45, 7) is 4.18. The van der Waals surface area contributed by atoms with Gasteiger partial charge in [0.15, 0.2) is 11.7 Å². The number of hydrogen-bond acceptors (Lipinski definition) is 5. The van der Waals surface area contributed by atoms with Gasteiger partial charge in [0.05, 0.1) is 0 Å². The lowest BCUT2D eigenvalue weighted by atomic mass is 10.0. The van der Waals surface area contributed by atoms with Crippen LogP contribution in [0.4, 0.5) is 0 Å². The summed E-state index contributed by atoms with van der Waals surface area (Å²) in [6, 6.07) is 14.9. The fourth-order valence-corrected chi connectivity index (χ4v) is 3.29. The Kier molecular flexibility index (Phi) is 7.61. The fourth-order valence-electron chi connectivity index (χ4n) is 3.17. The molecule has 0 aliphatic carbocycles. The lowest BCUT2D eigenvalue weighted by molar-refractivity contribution is -0.123. The molecule has 1 aromatic heterocycles. The van der Waals surface area contributed by atoms with Crippen molar-refractivity contribution in [1.82, 2.24) is 16.2 Å². The first-order chi connectivity index (χ1) is 15.0. The maximum atomic E-state index is 12.1. The van der Waals surface area contributed by atoms with Gasteiger partial charge in [-0.3, -0.25) is 15.6 Å². The molecule has 7 nitrogen and oxygen atoms in total. The lowest BCUT2D eigenvalue weighted by Gasteiger charge is -2.14. The van der Waals surface area contributed by atoms with Crippen LogP contribution in [-0.2, 0) is 17.8 Å². The van der Waals surface area contributed by atoms with Crippen molar-refractivity contribution in [3.8, 4) is 5.75 Å². The first-order valence-corrected chi connectivity index (χ1v) is 10.4. The quantitative estimate of drug-likeness (QED) is 0.296. The molecular weight excluding hydrogens is 414 g/mol. The van der Waals surface area contributed by atoms with Crippen LogP contribution in [0.2, 0.25) is 0 Å². The van der Waals surface area contributed by atoms with Gasteiger partial charge >= 0.3 is 5.63 Å². The second-order valence-corrected chi connectivity index (χ2v) is 7.44. The number of thiocarbonyl (C=S) groups is 1. The van der Waals surface area contributed by atoms with Crippen LogP contribution in [-0.4, -0.2) is 17.6 Å². The zero-order chi connectivity index (χ0) is 22.2. The summed E-state index contributed by atoms with van der Waals surface area (Å²) in [7, 11) is 0. The minimum absolute atomic E-state index is 0.223. The molecule has 31 heavy (non-hydrogen) atoms. The van der Waals surface area contributed by atoms with E-state index in [2.05, 4.69) is 23.1 Å². The molecule has 0 saturated heterocycles. The smallest absolute Gasteiger partial charge is 0.336 e. The van der Waals surface area contributed by atoms with Gasteiger partial charge in [0.25, 0.3) is 5.91 Å². The highest BCUT2D eigenvalue weighted by molar-refractivity contribution is 7.80. The predicted octanol–water partition coefficient (Wildman–Crippen LogP) is 3.13. The molecule has 2 aromatic carbocycles. The Morgan fingerprint density at radius 1 is 1.13 bits per heavy atom. The Morgan fingerprint density at radius 2 is 1.90 bits per heavy atom. The third-order valence-corrected chi connectivity index (χ3v) is 4.93. The maximum absolute atomic E-state index is 12.1.